The van der Waals surface area contributed by atoms with Gasteiger partial charge in [-0.3, -0.25) is 4.79 Å². The van der Waals surface area contributed by atoms with Gasteiger partial charge in [0.05, 0.1) is 19.1 Å². The Morgan fingerprint density at radius 3 is 3.05 bits per heavy atom. The zero-order chi connectivity index (χ0) is 12.8. The molecule has 1 unspecified atom stereocenters. The monoisotopic (exact) mass is 284 g/mol. The molecule has 1 aromatic rings. The summed E-state index contributed by atoms with van der Waals surface area (Å²) in [4.78, 5) is 11.8. The lowest BCUT2D eigenvalue weighted by Crippen LogP contribution is -2.41. The lowest BCUT2D eigenvalue weighted by atomic mass is 10.1. The van der Waals surface area contributed by atoms with E-state index >= 15 is 0 Å². The van der Waals surface area contributed by atoms with E-state index < -0.39 is 0 Å². The maximum atomic E-state index is 11.8. The number of morpholine rings is 1. The molecule has 1 fully saturated rings. The molecule has 1 aromatic carbocycles. The number of aryl methyl sites for hydroxylation is 1. The van der Waals surface area contributed by atoms with Crippen LogP contribution in [0.5, 0.6) is 0 Å². The second-order valence-corrected chi connectivity index (χ2v) is 4.67. The third kappa shape index (κ3) is 5.59. The normalized spacial score (nSPS) is 18.5. The van der Waals surface area contributed by atoms with Gasteiger partial charge in [-0.05, 0) is 12.5 Å². The van der Waals surface area contributed by atoms with E-state index in [2.05, 4.69) is 16.7 Å². The second-order valence-electron chi connectivity index (χ2n) is 4.67. The second kappa shape index (κ2) is 8.15. The van der Waals surface area contributed by atoms with Crippen molar-refractivity contribution >= 4 is 18.3 Å². The van der Waals surface area contributed by atoms with Gasteiger partial charge < -0.3 is 15.4 Å². The number of nitrogens with one attached hydrogen (secondary N) is 2. The number of hydrogen-bond donors (Lipinski definition) is 2. The minimum atomic E-state index is 0. The molecule has 0 spiro atoms. The first kappa shape index (κ1) is 16.0. The van der Waals surface area contributed by atoms with Crippen molar-refractivity contribution in [3.63, 3.8) is 0 Å². The Morgan fingerprint density at radius 1 is 1.53 bits per heavy atom. The van der Waals surface area contributed by atoms with Gasteiger partial charge in [0, 0.05) is 19.6 Å². The van der Waals surface area contributed by atoms with E-state index in [9.17, 15) is 4.79 Å². The Hall–Kier alpha value is -1.10. The van der Waals surface area contributed by atoms with Crippen molar-refractivity contribution in [2.45, 2.75) is 26.0 Å². The molecule has 1 atom stereocenters. The number of carbonyl (C=O) groups excluding carboxylic acids is 1. The third-order valence-corrected chi connectivity index (χ3v) is 2.99. The Labute approximate surface area is 120 Å². The van der Waals surface area contributed by atoms with E-state index in [1.54, 1.807) is 0 Å². The van der Waals surface area contributed by atoms with Crippen LogP contribution < -0.4 is 10.6 Å². The zero-order valence-electron chi connectivity index (χ0n) is 11.1. The molecule has 2 rings (SSSR count). The van der Waals surface area contributed by atoms with E-state index in [0.29, 0.717) is 19.6 Å². The van der Waals surface area contributed by atoms with Crippen LogP contribution in [0.15, 0.2) is 24.3 Å². The van der Waals surface area contributed by atoms with Crippen molar-refractivity contribution in [2.24, 2.45) is 0 Å². The van der Waals surface area contributed by atoms with Crippen LogP contribution in [0.2, 0.25) is 0 Å². The summed E-state index contributed by atoms with van der Waals surface area (Å²) in [6, 6.07) is 8.16. The molecule has 0 saturated carbocycles. The van der Waals surface area contributed by atoms with Gasteiger partial charge in [-0.25, -0.2) is 0 Å². The molecule has 4 nitrogen and oxygen atoms in total. The predicted octanol–water partition coefficient (Wildman–Crippen LogP) is 1.41. The molecule has 0 bridgehead atoms. The minimum absolute atomic E-state index is 0. The summed E-state index contributed by atoms with van der Waals surface area (Å²) in [6.45, 7) is 4.96. The number of benzene rings is 1. The molecule has 19 heavy (non-hydrogen) atoms. The summed E-state index contributed by atoms with van der Waals surface area (Å²) in [5, 5.41) is 6.14. The molecule has 1 aliphatic heterocycles. The van der Waals surface area contributed by atoms with Crippen LogP contribution >= 0.6 is 12.4 Å². The first-order valence-electron chi connectivity index (χ1n) is 6.38. The summed E-state index contributed by atoms with van der Waals surface area (Å²) < 4.78 is 5.50. The maximum absolute atomic E-state index is 11.8. The van der Waals surface area contributed by atoms with Crippen LogP contribution in [0.1, 0.15) is 17.5 Å². The Kier molecular flexibility index (Phi) is 6.84. The molecule has 0 aliphatic carbocycles. The number of carbonyl (C=O) groups is 1. The van der Waals surface area contributed by atoms with E-state index in [-0.39, 0.29) is 24.4 Å². The summed E-state index contributed by atoms with van der Waals surface area (Å²) in [5.74, 6) is 0.0465. The zero-order valence-corrected chi connectivity index (χ0v) is 12.0. The maximum Gasteiger partial charge on any atom is 0.222 e. The highest BCUT2D eigenvalue weighted by atomic mass is 35.5. The Bertz CT molecular complexity index is 406. The molecule has 106 valence electrons. The van der Waals surface area contributed by atoms with Gasteiger partial charge in [0.2, 0.25) is 5.91 Å². The van der Waals surface area contributed by atoms with Crippen molar-refractivity contribution in [3.8, 4) is 0 Å². The largest absolute Gasteiger partial charge is 0.375 e. The first-order chi connectivity index (χ1) is 8.74. The summed E-state index contributed by atoms with van der Waals surface area (Å²) in [7, 11) is 0. The number of hydrogen-bond acceptors (Lipinski definition) is 3. The molecule has 1 saturated heterocycles. The molecular weight excluding hydrogens is 264 g/mol. The van der Waals surface area contributed by atoms with Gasteiger partial charge in [-0.15, -0.1) is 12.4 Å². The van der Waals surface area contributed by atoms with E-state index in [4.69, 9.17) is 4.74 Å². The molecule has 2 N–H and O–H groups in total. The molecule has 1 amide bonds. The highest BCUT2D eigenvalue weighted by Gasteiger charge is 2.16. The lowest BCUT2D eigenvalue weighted by Gasteiger charge is -2.23. The average Bonchev–Trinajstić information content (AvgIpc) is 2.38. The van der Waals surface area contributed by atoms with Gasteiger partial charge in [-0.2, -0.15) is 0 Å². The summed E-state index contributed by atoms with van der Waals surface area (Å²) in [6.07, 6.45) is 0.440. The molecular formula is C14H21ClN2O2. The number of halogens is 1. The van der Waals surface area contributed by atoms with Crippen LogP contribution in [0.4, 0.5) is 0 Å². The first-order valence-corrected chi connectivity index (χ1v) is 6.38. The van der Waals surface area contributed by atoms with Crippen molar-refractivity contribution in [1.82, 2.24) is 10.6 Å². The molecule has 1 heterocycles. The van der Waals surface area contributed by atoms with Crippen molar-refractivity contribution in [3.05, 3.63) is 35.4 Å². The van der Waals surface area contributed by atoms with E-state index in [0.717, 1.165) is 18.7 Å². The molecule has 0 radical (unpaired) electrons. The molecule has 1 aliphatic rings. The summed E-state index contributed by atoms with van der Waals surface area (Å²) >= 11 is 0. The highest BCUT2D eigenvalue weighted by Crippen LogP contribution is 2.05. The SMILES string of the molecule is Cc1cccc(CNC(=O)CC2CNCCO2)c1.Cl. The third-order valence-electron chi connectivity index (χ3n) is 2.99. The minimum Gasteiger partial charge on any atom is -0.375 e. The standard InChI is InChI=1S/C14H20N2O2.ClH/c1-11-3-2-4-12(7-11)9-16-14(17)8-13-10-15-5-6-18-13;/h2-4,7,13,15H,5-6,8-10H2,1H3,(H,16,17);1H. The fourth-order valence-corrected chi connectivity index (χ4v) is 2.05. The van der Waals surface area contributed by atoms with Gasteiger partial charge >= 0.3 is 0 Å². The topological polar surface area (TPSA) is 50.4 Å². The van der Waals surface area contributed by atoms with Crippen molar-refractivity contribution < 1.29 is 9.53 Å². The van der Waals surface area contributed by atoms with Crippen LogP contribution in [-0.4, -0.2) is 31.7 Å². The van der Waals surface area contributed by atoms with Gasteiger partial charge in [0.15, 0.2) is 0 Å². The molecule has 5 heteroatoms. The van der Waals surface area contributed by atoms with E-state index in [1.807, 2.05) is 25.1 Å². The van der Waals surface area contributed by atoms with Crippen LogP contribution in [0, 0.1) is 6.92 Å². The fraction of sp³-hybridized carbons (Fsp3) is 0.500. The van der Waals surface area contributed by atoms with Crippen LogP contribution in [0.25, 0.3) is 0 Å². The number of amides is 1. The smallest absolute Gasteiger partial charge is 0.222 e. The highest BCUT2D eigenvalue weighted by molar-refractivity contribution is 5.85. The van der Waals surface area contributed by atoms with Gasteiger partial charge in [-0.1, -0.05) is 29.8 Å². The predicted molar refractivity (Wildman–Crippen MR) is 77.5 cm³/mol. The van der Waals surface area contributed by atoms with Crippen molar-refractivity contribution in [2.75, 3.05) is 19.7 Å². The van der Waals surface area contributed by atoms with Crippen LogP contribution in [0.3, 0.4) is 0 Å². The average molecular weight is 285 g/mol. The summed E-state index contributed by atoms with van der Waals surface area (Å²) in [5.41, 5.74) is 2.34. The molecule has 0 aromatic heterocycles. The van der Waals surface area contributed by atoms with Crippen LogP contribution in [-0.2, 0) is 16.1 Å². The van der Waals surface area contributed by atoms with Crippen molar-refractivity contribution in [1.29, 1.82) is 0 Å². The number of rotatable bonds is 4. The lowest BCUT2D eigenvalue weighted by molar-refractivity contribution is -0.124. The van der Waals surface area contributed by atoms with Gasteiger partial charge in [0.1, 0.15) is 0 Å². The Morgan fingerprint density at radius 2 is 2.37 bits per heavy atom. The number of ether oxygens (including phenoxy) is 1. The fourth-order valence-electron chi connectivity index (χ4n) is 2.05. The van der Waals surface area contributed by atoms with Gasteiger partial charge in [0.25, 0.3) is 0 Å². The Balaban J connectivity index is 0.00000180. The quantitative estimate of drug-likeness (QED) is 0.879. The van der Waals surface area contributed by atoms with E-state index in [1.165, 1.54) is 5.56 Å².